The second-order valence-corrected chi connectivity index (χ2v) is 3.95. The van der Waals surface area contributed by atoms with Crippen LogP contribution in [0.25, 0.3) is 0 Å². The number of hydrogen-bond donors (Lipinski definition) is 2. The summed E-state index contributed by atoms with van der Waals surface area (Å²) in [6.45, 7) is 1.57. The summed E-state index contributed by atoms with van der Waals surface area (Å²) < 4.78 is 0. The van der Waals surface area contributed by atoms with E-state index in [1.807, 2.05) is 13.2 Å². The predicted octanol–water partition coefficient (Wildman–Crippen LogP) is 0.120. The number of aromatic nitrogens is 2. The number of likely N-dealkylation sites (N-methyl/N-ethyl adjacent to an activating group) is 1. The van der Waals surface area contributed by atoms with Crippen LogP contribution in [0.5, 0.6) is 0 Å². The Bertz CT molecular complexity index is 316. The highest BCUT2D eigenvalue weighted by atomic mass is 16.2. The van der Waals surface area contributed by atoms with Gasteiger partial charge in [0.05, 0.1) is 12.2 Å². The molecule has 1 aromatic heterocycles. The first-order chi connectivity index (χ1) is 7.27. The first-order valence-corrected chi connectivity index (χ1v) is 5.23. The van der Waals surface area contributed by atoms with E-state index in [2.05, 4.69) is 15.5 Å². The summed E-state index contributed by atoms with van der Waals surface area (Å²) in [7, 11) is 1.83. The Kier molecular flexibility index (Phi) is 3.01. The second kappa shape index (κ2) is 4.44. The fraction of sp³-hybridized carbons (Fsp3) is 0.600. The number of aromatic amines is 1. The average molecular weight is 208 g/mol. The summed E-state index contributed by atoms with van der Waals surface area (Å²) >= 11 is 0. The average Bonchev–Trinajstić information content (AvgIpc) is 2.88. The Hall–Kier alpha value is -1.36. The van der Waals surface area contributed by atoms with Crippen LogP contribution in [0.15, 0.2) is 12.4 Å². The summed E-state index contributed by atoms with van der Waals surface area (Å²) in [4.78, 5) is 13.6. The molecule has 1 unspecified atom stereocenters. The highest BCUT2D eigenvalue weighted by Gasteiger charge is 2.24. The van der Waals surface area contributed by atoms with Gasteiger partial charge in [0.15, 0.2) is 0 Å². The van der Waals surface area contributed by atoms with Gasteiger partial charge in [-0.25, -0.2) is 0 Å². The molecule has 0 spiro atoms. The number of rotatable bonds is 3. The summed E-state index contributed by atoms with van der Waals surface area (Å²) in [6, 6.07) is 0.0156. The highest BCUT2D eigenvalue weighted by Crippen LogP contribution is 2.09. The molecule has 1 aliphatic rings. The Morgan fingerprint density at radius 1 is 1.73 bits per heavy atom. The standard InChI is InChI=1S/C10H16N4O/c1-14(7-8-5-12-13-6-8)10(15)9-3-2-4-11-9/h5-6,9,11H,2-4,7H2,1H3,(H,12,13). The van der Waals surface area contributed by atoms with Crippen molar-refractivity contribution in [1.82, 2.24) is 20.4 Å². The molecule has 82 valence electrons. The van der Waals surface area contributed by atoms with Crippen molar-refractivity contribution in [3.8, 4) is 0 Å². The van der Waals surface area contributed by atoms with Gasteiger partial charge in [0, 0.05) is 25.4 Å². The molecule has 2 N–H and O–H groups in total. The maximum absolute atomic E-state index is 11.9. The van der Waals surface area contributed by atoms with Crippen LogP contribution < -0.4 is 5.32 Å². The Balaban J connectivity index is 1.89. The molecule has 5 nitrogen and oxygen atoms in total. The van der Waals surface area contributed by atoms with Gasteiger partial charge in [-0.2, -0.15) is 5.10 Å². The van der Waals surface area contributed by atoms with Gasteiger partial charge in [-0.15, -0.1) is 0 Å². The zero-order valence-corrected chi connectivity index (χ0v) is 8.86. The number of hydrogen-bond acceptors (Lipinski definition) is 3. The van der Waals surface area contributed by atoms with Crippen molar-refractivity contribution in [2.24, 2.45) is 0 Å². The maximum Gasteiger partial charge on any atom is 0.239 e. The molecular formula is C10H16N4O. The molecular weight excluding hydrogens is 192 g/mol. The lowest BCUT2D eigenvalue weighted by molar-refractivity contribution is -0.132. The lowest BCUT2D eigenvalue weighted by Crippen LogP contribution is -2.41. The van der Waals surface area contributed by atoms with Crippen molar-refractivity contribution in [2.75, 3.05) is 13.6 Å². The normalized spacial score (nSPS) is 20.5. The number of H-pyrrole nitrogens is 1. The van der Waals surface area contributed by atoms with E-state index in [4.69, 9.17) is 0 Å². The zero-order valence-electron chi connectivity index (χ0n) is 8.86. The predicted molar refractivity (Wildman–Crippen MR) is 56.1 cm³/mol. The van der Waals surface area contributed by atoms with Gasteiger partial charge >= 0.3 is 0 Å². The van der Waals surface area contributed by atoms with Gasteiger partial charge in [-0.3, -0.25) is 9.89 Å². The molecule has 1 saturated heterocycles. The largest absolute Gasteiger partial charge is 0.340 e. The van der Waals surface area contributed by atoms with Crippen molar-refractivity contribution in [3.05, 3.63) is 18.0 Å². The molecule has 0 saturated carbocycles. The van der Waals surface area contributed by atoms with E-state index < -0.39 is 0 Å². The van der Waals surface area contributed by atoms with Crippen LogP contribution in [0.4, 0.5) is 0 Å². The van der Waals surface area contributed by atoms with Crippen LogP contribution in [-0.2, 0) is 11.3 Å². The Morgan fingerprint density at radius 3 is 3.20 bits per heavy atom. The second-order valence-electron chi connectivity index (χ2n) is 3.95. The monoisotopic (exact) mass is 208 g/mol. The van der Waals surface area contributed by atoms with Crippen molar-refractivity contribution < 1.29 is 4.79 Å². The van der Waals surface area contributed by atoms with E-state index in [-0.39, 0.29) is 11.9 Å². The van der Waals surface area contributed by atoms with E-state index in [9.17, 15) is 4.79 Å². The number of nitrogens with zero attached hydrogens (tertiary/aromatic N) is 2. The van der Waals surface area contributed by atoms with E-state index >= 15 is 0 Å². The highest BCUT2D eigenvalue weighted by molar-refractivity contribution is 5.81. The molecule has 2 heterocycles. The Morgan fingerprint density at radius 2 is 2.60 bits per heavy atom. The molecule has 5 heteroatoms. The molecule has 0 bridgehead atoms. The minimum absolute atomic E-state index is 0.0156. The lowest BCUT2D eigenvalue weighted by atomic mass is 10.2. The maximum atomic E-state index is 11.9. The minimum atomic E-state index is 0.0156. The third kappa shape index (κ3) is 2.36. The number of carbonyl (C=O) groups is 1. The van der Waals surface area contributed by atoms with Gasteiger partial charge in [-0.1, -0.05) is 0 Å². The van der Waals surface area contributed by atoms with E-state index in [1.165, 1.54) is 0 Å². The molecule has 15 heavy (non-hydrogen) atoms. The Labute approximate surface area is 88.8 Å². The van der Waals surface area contributed by atoms with Crippen LogP contribution in [-0.4, -0.2) is 40.6 Å². The molecule has 1 atom stereocenters. The molecule has 0 radical (unpaired) electrons. The quantitative estimate of drug-likeness (QED) is 0.741. The third-order valence-electron chi connectivity index (χ3n) is 2.71. The van der Waals surface area contributed by atoms with Crippen molar-refractivity contribution in [1.29, 1.82) is 0 Å². The fourth-order valence-corrected chi connectivity index (χ4v) is 1.88. The van der Waals surface area contributed by atoms with Gasteiger partial charge in [-0.05, 0) is 19.4 Å². The molecule has 2 rings (SSSR count). The topological polar surface area (TPSA) is 61.0 Å². The van der Waals surface area contributed by atoms with Gasteiger partial charge in [0.2, 0.25) is 5.91 Å². The van der Waals surface area contributed by atoms with Crippen molar-refractivity contribution in [2.45, 2.75) is 25.4 Å². The van der Waals surface area contributed by atoms with E-state index in [0.717, 1.165) is 24.9 Å². The summed E-state index contributed by atoms with van der Waals surface area (Å²) in [5.74, 6) is 0.175. The smallest absolute Gasteiger partial charge is 0.239 e. The van der Waals surface area contributed by atoms with Gasteiger partial charge in [0.1, 0.15) is 0 Å². The summed E-state index contributed by atoms with van der Waals surface area (Å²) in [6.07, 6.45) is 5.60. The number of nitrogens with one attached hydrogen (secondary N) is 2. The third-order valence-corrected chi connectivity index (χ3v) is 2.71. The number of amides is 1. The first-order valence-electron chi connectivity index (χ1n) is 5.23. The van der Waals surface area contributed by atoms with E-state index in [0.29, 0.717) is 6.54 Å². The van der Waals surface area contributed by atoms with Crippen LogP contribution in [0.1, 0.15) is 18.4 Å². The zero-order chi connectivity index (χ0) is 10.7. The van der Waals surface area contributed by atoms with Crippen LogP contribution in [0.2, 0.25) is 0 Å². The lowest BCUT2D eigenvalue weighted by Gasteiger charge is -2.20. The molecule has 0 aliphatic carbocycles. The summed E-state index contributed by atoms with van der Waals surface area (Å²) in [5.41, 5.74) is 1.03. The number of carbonyl (C=O) groups excluding carboxylic acids is 1. The first kappa shape index (κ1) is 10.2. The van der Waals surface area contributed by atoms with Crippen LogP contribution in [0.3, 0.4) is 0 Å². The van der Waals surface area contributed by atoms with Crippen LogP contribution in [0, 0.1) is 0 Å². The molecule has 1 amide bonds. The molecule has 1 aliphatic heterocycles. The fourth-order valence-electron chi connectivity index (χ4n) is 1.88. The van der Waals surface area contributed by atoms with Crippen molar-refractivity contribution in [3.63, 3.8) is 0 Å². The molecule has 1 fully saturated rings. The SMILES string of the molecule is CN(Cc1cn[nH]c1)C(=O)C1CCCN1. The van der Waals surface area contributed by atoms with Gasteiger partial charge < -0.3 is 10.2 Å². The molecule has 1 aromatic rings. The summed E-state index contributed by atoms with van der Waals surface area (Å²) in [5, 5.41) is 9.80. The van der Waals surface area contributed by atoms with E-state index in [1.54, 1.807) is 11.1 Å². The van der Waals surface area contributed by atoms with Crippen molar-refractivity contribution >= 4 is 5.91 Å². The van der Waals surface area contributed by atoms with Gasteiger partial charge in [0.25, 0.3) is 0 Å². The minimum Gasteiger partial charge on any atom is -0.340 e. The molecule has 0 aromatic carbocycles. The van der Waals surface area contributed by atoms with Crippen LogP contribution >= 0.6 is 0 Å².